The number of carboxylic acids is 1. The average Bonchev–Trinajstić information content (AvgIpc) is 2.62. The topological polar surface area (TPSA) is 57.5 Å². The lowest BCUT2D eigenvalue weighted by Crippen LogP contribution is -2.30. The van der Waals surface area contributed by atoms with Crippen LogP contribution in [0.2, 0.25) is 0 Å². The lowest BCUT2D eigenvalue weighted by molar-refractivity contribution is -0.141. The molecule has 1 unspecified atom stereocenters. The van der Waals surface area contributed by atoms with Crippen LogP contribution in [-0.2, 0) is 10.4 Å². The smallest absolute Gasteiger partial charge is 0.306 e. The Morgan fingerprint density at radius 3 is 2.04 bits per heavy atom. The van der Waals surface area contributed by atoms with Gasteiger partial charge in [0.25, 0.3) is 0 Å². The van der Waals surface area contributed by atoms with Crippen molar-refractivity contribution >= 4 is 5.97 Å². The number of hydrogen-bond acceptors (Lipinski definition) is 2. The molecule has 1 atom stereocenters. The first-order valence-electron chi connectivity index (χ1n) is 8.26. The van der Waals surface area contributed by atoms with Gasteiger partial charge in [-0.2, -0.15) is 0 Å². The van der Waals surface area contributed by atoms with Crippen LogP contribution in [0, 0.1) is 12.7 Å². The molecule has 0 aromatic heterocycles. The third kappa shape index (κ3) is 3.65. The molecule has 0 saturated carbocycles. The molecule has 3 aromatic rings. The molecule has 0 saturated heterocycles. The SMILES string of the molecule is Cc1cccc(C(O)(CC(=O)O)c2ccc(-c3ccc(F)cc3)cc2)c1. The summed E-state index contributed by atoms with van der Waals surface area (Å²) >= 11 is 0. The van der Waals surface area contributed by atoms with Gasteiger partial charge in [0.15, 0.2) is 0 Å². The van der Waals surface area contributed by atoms with Gasteiger partial charge in [0.05, 0.1) is 6.42 Å². The first-order chi connectivity index (χ1) is 12.4. The number of benzene rings is 3. The summed E-state index contributed by atoms with van der Waals surface area (Å²) in [4.78, 5) is 11.4. The van der Waals surface area contributed by atoms with Crippen LogP contribution >= 0.6 is 0 Å². The van der Waals surface area contributed by atoms with Gasteiger partial charge >= 0.3 is 5.97 Å². The van der Waals surface area contributed by atoms with E-state index in [0.29, 0.717) is 11.1 Å². The molecule has 0 spiro atoms. The highest BCUT2D eigenvalue weighted by Crippen LogP contribution is 2.34. The maximum Gasteiger partial charge on any atom is 0.306 e. The summed E-state index contributed by atoms with van der Waals surface area (Å²) in [6.45, 7) is 1.89. The van der Waals surface area contributed by atoms with Crippen LogP contribution in [-0.4, -0.2) is 16.2 Å². The van der Waals surface area contributed by atoms with Gasteiger partial charge in [-0.3, -0.25) is 4.79 Å². The molecular weight excluding hydrogens is 331 g/mol. The van der Waals surface area contributed by atoms with E-state index in [2.05, 4.69) is 0 Å². The predicted molar refractivity (Wildman–Crippen MR) is 98.3 cm³/mol. The van der Waals surface area contributed by atoms with E-state index < -0.39 is 18.0 Å². The lowest BCUT2D eigenvalue weighted by Gasteiger charge is -2.28. The number of aliphatic carboxylic acids is 1. The van der Waals surface area contributed by atoms with Crippen molar-refractivity contribution in [2.45, 2.75) is 18.9 Å². The Bertz CT molecular complexity index is 917. The predicted octanol–water partition coefficient (Wildman–Crippen LogP) is 4.51. The van der Waals surface area contributed by atoms with E-state index >= 15 is 0 Å². The number of aliphatic hydroxyl groups is 1. The molecule has 0 aliphatic heterocycles. The van der Waals surface area contributed by atoms with Crippen molar-refractivity contribution in [3.63, 3.8) is 0 Å². The molecule has 3 rings (SSSR count). The number of carbonyl (C=O) groups is 1. The summed E-state index contributed by atoms with van der Waals surface area (Å²) in [5.41, 5.74) is 2.05. The zero-order valence-corrected chi connectivity index (χ0v) is 14.3. The van der Waals surface area contributed by atoms with Crippen molar-refractivity contribution < 1.29 is 19.4 Å². The Labute approximate surface area is 151 Å². The van der Waals surface area contributed by atoms with E-state index in [9.17, 15) is 19.4 Å². The van der Waals surface area contributed by atoms with E-state index in [-0.39, 0.29) is 5.82 Å². The van der Waals surface area contributed by atoms with Crippen molar-refractivity contribution in [3.05, 3.63) is 95.3 Å². The number of rotatable bonds is 5. The minimum Gasteiger partial charge on any atom is -0.481 e. The van der Waals surface area contributed by atoms with Crippen molar-refractivity contribution in [2.24, 2.45) is 0 Å². The first kappa shape index (κ1) is 17.8. The Morgan fingerprint density at radius 2 is 1.50 bits per heavy atom. The minimum absolute atomic E-state index is 0.305. The van der Waals surface area contributed by atoms with E-state index in [1.165, 1.54) is 12.1 Å². The molecule has 4 heteroatoms. The van der Waals surface area contributed by atoms with Crippen molar-refractivity contribution in [2.75, 3.05) is 0 Å². The Morgan fingerprint density at radius 1 is 0.923 bits per heavy atom. The zero-order chi connectivity index (χ0) is 18.7. The minimum atomic E-state index is -1.63. The molecule has 0 bridgehead atoms. The molecule has 0 aliphatic carbocycles. The van der Waals surface area contributed by atoms with Crippen molar-refractivity contribution in [1.29, 1.82) is 0 Å². The fourth-order valence-electron chi connectivity index (χ4n) is 3.07. The summed E-state index contributed by atoms with van der Waals surface area (Å²) in [6, 6.07) is 20.3. The zero-order valence-electron chi connectivity index (χ0n) is 14.3. The van der Waals surface area contributed by atoms with E-state index in [1.54, 1.807) is 54.6 Å². The Hall–Kier alpha value is -2.98. The molecule has 2 N–H and O–H groups in total. The third-order valence-electron chi connectivity index (χ3n) is 4.44. The highest BCUT2D eigenvalue weighted by molar-refractivity contribution is 5.70. The van der Waals surface area contributed by atoms with Crippen LogP contribution in [0.15, 0.2) is 72.8 Å². The van der Waals surface area contributed by atoms with Gasteiger partial charge in [-0.15, -0.1) is 0 Å². The quantitative estimate of drug-likeness (QED) is 0.712. The molecule has 132 valence electrons. The standard InChI is InChI=1S/C22H19FO3/c1-15-3-2-4-19(13-15)22(26,14-21(24)25)18-9-5-16(6-10-18)17-7-11-20(23)12-8-17/h2-13,26H,14H2,1H3,(H,24,25). The van der Waals surface area contributed by atoms with Gasteiger partial charge in [-0.1, -0.05) is 66.2 Å². The summed E-state index contributed by atoms with van der Waals surface area (Å²) in [5, 5.41) is 20.5. The second-order valence-electron chi connectivity index (χ2n) is 6.38. The van der Waals surface area contributed by atoms with Crippen molar-refractivity contribution in [3.8, 4) is 11.1 Å². The molecule has 3 nitrogen and oxygen atoms in total. The maximum atomic E-state index is 13.1. The Balaban J connectivity index is 2.02. The highest BCUT2D eigenvalue weighted by Gasteiger charge is 2.34. The fourth-order valence-corrected chi connectivity index (χ4v) is 3.07. The number of hydrogen-bond donors (Lipinski definition) is 2. The van der Waals surface area contributed by atoms with Crippen molar-refractivity contribution in [1.82, 2.24) is 0 Å². The maximum absolute atomic E-state index is 13.1. The van der Waals surface area contributed by atoms with Gasteiger partial charge in [0.2, 0.25) is 0 Å². The van der Waals surface area contributed by atoms with Gasteiger partial charge < -0.3 is 10.2 Å². The number of carboxylic acid groups (broad SMARTS) is 1. The molecule has 26 heavy (non-hydrogen) atoms. The van der Waals surface area contributed by atoms with Crippen LogP contribution in [0.4, 0.5) is 4.39 Å². The number of aryl methyl sites for hydroxylation is 1. The molecular formula is C22H19FO3. The second kappa shape index (κ2) is 7.10. The Kier molecular flexibility index (Phi) is 4.87. The fraction of sp³-hybridized carbons (Fsp3) is 0.136. The summed E-state index contributed by atoms with van der Waals surface area (Å²) in [6.07, 6.45) is -0.438. The van der Waals surface area contributed by atoms with Crippen LogP contribution in [0.3, 0.4) is 0 Å². The molecule has 0 heterocycles. The average molecular weight is 350 g/mol. The van der Waals surface area contributed by atoms with Crippen LogP contribution in [0.25, 0.3) is 11.1 Å². The summed E-state index contributed by atoms with van der Waals surface area (Å²) < 4.78 is 13.1. The van der Waals surface area contributed by atoms with Crippen LogP contribution in [0.5, 0.6) is 0 Å². The first-order valence-corrected chi connectivity index (χ1v) is 8.26. The van der Waals surface area contributed by atoms with Gasteiger partial charge in [-0.25, -0.2) is 4.39 Å². The van der Waals surface area contributed by atoms with Gasteiger partial charge in [0.1, 0.15) is 11.4 Å². The van der Waals surface area contributed by atoms with E-state index in [0.717, 1.165) is 16.7 Å². The monoisotopic (exact) mass is 350 g/mol. The number of halogens is 1. The highest BCUT2D eigenvalue weighted by atomic mass is 19.1. The molecule has 0 fully saturated rings. The van der Waals surface area contributed by atoms with Gasteiger partial charge in [-0.05, 0) is 41.3 Å². The van der Waals surface area contributed by atoms with E-state index in [1.807, 2.05) is 13.0 Å². The largest absolute Gasteiger partial charge is 0.481 e. The normalized spacial score (nSPS) is 13.2. The molecule has 0 amide bonds. The molecule has 0 radical (unpaired) electrons. The van der Waals surface area contributed by atoms with Crippen LogP contribution in [0.1, 0.15) is 23.1 Å². The van der Waals surface area contributed by atoms with Crippen LogP contribution < -0.4 is 0 Å². The summed E-state index contributed by atoms with van der Waals surface area (Å²) in [7, 11) is 0. The summed E-state index contributed by atoms with van der Waals surface area (Å²) in [5.74, 6) is -1.39. The van der Waals surface area contributed by atoms with E-state index in [4.69, 9.17) is 0 Å². The lowest BCUT2D eigenvalue weighted by atomic mass is 9.82. The third-order valence-corrected chi connectivity index (χ3v) is 4.44. The second-order valence-corrected chi connectivity index (χ2v) is 6.38. The molecule has 3 aromatic carbocycles. The molecule has 0 aliphatic rings. The van der Waals surface area contributed by atoms with Gasteiger partial charge in [0, 0.05) is 0 Å².